The second kappa shape index (κ2) is 8.10. The number of pyridine rings is 1. The van der Waals surface area contributed by atoms with Gasteiger partial charge in [0.25, 0.3) is 0 Å². The topological polar surface area (TPSA) is 81.4 Å². The number of alkyl halides is 1. The molecule has 0 unspecified atom stereocenters. The summed E-state index contributed by atoms with van der Waals surface area (Å²) >= 11 is 0. The zero-order valence-corrected chi connectivity index (χ0v) is 22.0. The van der Waals surface area contributed by atoms with Crippen molar-refractivity contribution in [2.45, 2.75) is 75.8 Å². The van der Waals surface area contributed by atoms with Gasteiger partial charge in [-0.25, -0.2) is 9.37 Å². The fraction of sp³-hybridized carbons (Fsp3) is 0.533. The maximum absolute atomic E-state index is 14.5. The number of rotatable bonds is 7. The van der Waals surface area contributed by atoms with Crippen molar-refractivity contribution in [3.8, 4) is 17.0 Å². The van der Waals surface area contributed by atoms with E-state index in [4.69, 9.17) is 9.26 Å². The molecule has 7 nitrogen and oxygen atoms in total. The number of ether oxygens (including phenoxy) is 1. The van der Waals surface area contributed by atoms with E-state index in [-0.39, 0.29) is 16.7 Å². The van der Waals surface area contributed by atoms with Crippen LogP contribution in [0.3, 0.4) is 0 Å². The minimum Gasteiger partial charge on any atom is -0.481 e. The van der Waals surface area contributed by atoms with Gasteiger partial charge >= 0.3 is 0 Å². The zero-order valence-electron chi connectivity index (χ0n) is 22.0. The van der Waals surface area contributed by atoms with Gasteiger partial charge in [-0.15, -0.1) is 0 Å². The predicted molar refractivity (Wildman–Crippen MR) is 140 cm³/mol. The second-order valence-corrected chi connectivity index (χ2v) is 12.4. The first-order valence-corrected chi connectivity index (χ1v) is 13.7. The first-order valence-electron chi connectivity index (χ1n) is 13.7. The van der Waals surface area contributed by atoms with Crippen molar-refractivity contribution >= 4 is 11.6 Å². The third-order valence-corrected chi connectivity index (χ3v) is 9.98. The molecule has 0 radical (unpaired) electrons. The van der Waals surface area contributed by atoms with Crippen LogP contribution in [-0.4, -0.2) is 40.4 Å². The van der Waals surface area contributed by atoms with Gasteiger partial charge in [-0.1, -0.05) is 17.3 Å². The lowest BCUT2D eigenvalue weighted by Crippen LogP contribution is -2.71. The summed E-state index contributed by atoms with van der Waals surface area (Å²) in [6.45, 7) is 2.53. The van der Waals surface area contributed by atoms with Crippen LogP contribution in [0.15, 0.2) is 47.1 Å². The first-order chi connectivity index (χ1) is 18.3. The van der Waals surface area contributed by atoms with E-state index in [2.05, 4.69) is 21.2 Å². The van der Waals surface area contributed by atoms with E-state index in [0.29, 0.717) is 37.5 Å². The van der Waals surface area contributed by atoms with E-state index in [1.54, 1.807) is 13.3 Å². The molecule has 6 aliphatic carbocycles. The fourth-order valence-electron chi connectivity index (χ4n) is 7.68. The van der Waals surface area contributed by atoms with Crippen molar-refractivity contribution in [2.75, 3.05) is 18.6 Å². The molecule has 8 heteroatoms. The van der Waals surface area contributed by atoms with Crippen molar-refractivity contribution < 1.29 is 18.4 Å². The Labute approximate surface area is 221 Å². The van der Waals surface area contributed by atoms with Crippen molar-refractivity contribution in [1.82, 2.24) is 15.1 Å². The average molecular weight is 517 g/mol. The van der Waals surface area contributed by atoms with Crippen molar-refractivity contribution in [2.24, 2.45) is 10.8 Å². The van der Waals surface area contributed by atoms with Gasteiger partial charge in [0.1, 0.15) is 5.67 Å². The van der Waals surface area contributed by atoms with E-state index in [9.17, 15) is 9.18 Å². The summed E-state index contributed by atoms with van der Waals surface area (Å²) in [7, 11) is 1.60. The molecule has 9 rings (SSSR count). The molecule has 38 heavy (non-hydrogen) atoms. The molecule has 4 bridgehead atoms. The smallest absolute Gasteiger partial charge is 0.233 e. The highest BCUT2D eigenvalue weighted by atomic mass is 19.1. The van der Waals surface area contributed by atoms with Crippen LogP contribution >= 0.6 is 0 Å². The SMILES string of the molecule is COc1cc(-c2cccc(N(CC34CCC(c5nc(C)no5)(CC3)CC4)C(=O)C34CC(F)(C3)C4)c2)ccn1. The molecule has 6 aliphatic rings. The molecule has 0 saturated heterocycles. The number of carbonyl (C=O) groups is 1. The number of amides is 1. The first kappa shape index (κ1) is 23.8. The molecule has 2 heterocycles. The Morgan fingerprint density at radius 3 is 2.39 bits per heavy atom. The Hall–Kier alpha value is -3.29. The molecular weight excluding hydrogens is 483 g/mol. The monoisotopic (exact) mass is 516 g/mol. The van der Waals surface area contributed by atoms with Crippen molar-refractivity contribution in [1.29, 1.82) is 0 Å². The Morgan fingerprint density at radius 2 is 1.76 bits per heavy atom. The molecule has 2 aromatic heterocycles. The van der Waals surface area contributed by atoms with Crippen LogP contribution in [0.4, 0.5) is 10.1 Å². The van der Waals surface area contributed by atoms with Crippen molar-refractivity contribution in [3.05, 3.63) is 54.3 Å². The summed E-state index contributed by atoms with van der Waals surface area (Å²) in [5.74, 6) is 2.10. The molecule has 0 spiro atoms. The van der Waals surface area contributed by atoms with Crippen LogP contribution in [0.25, 0.3) is 11.1 Å². The summed E-state index contributed by atoms with van der Waals surface area (Å²) in [4.78, 5) is 24.9. The van der Waals surface area contributed by atoms with Crippen LogP contribution in [0.5, 0.6) is 5.88 Å². The molecule has 198 valence electrons. The van der Waals surface area contributed by atoms with Gasteiger partial charge in [0.2, 0.25) is 17.7 Å². The summed E-state index contributed by atoms with van der Waals surface area (Å²) in [6, 6.07) is 12.0. The number of hydrogen-bond acceptors (Lipinski definition) is 6. The number of anilines is 1. The minimum atomic E-state index is -1.12. The quantitative estimate of drug-likeness (QED) is 0.385. The van der Waals surface area contributed by atoms with Crippen LogP contribution in [0.1, 0.15) is 69.5 Å². The summed E-state index contributed by atoms with van der Waals surface area (Å²) in [5, 5.41) is 4.05. The summed E-state index contributed by atoms with van der Waals surface area (Å²) in [6.07, 6.45) is 8.84. The number of halogens is 1. The number of nitrogens with zero attached hydrogens (tertiary/aromatic N) is 4. The van der Waals surface area contributed by atoms with Gasteiger partial charge in [0, 0.05) is 29.9 Å². The molecule has 1 aromatic carbocycles. The molecule has 0 N–H and O–H groups in total. The summed E-state index contributed by atoms with van der Waals surface area (Å²) in [5.41, 5.74) is 1.21. The number of aromatic nitrogens is 3. The largest absolute Gasteiger partial charge is 0.481 e. The Bertz CT molecular complexity index is 1370. The van der Waals surface area contributed by atoms with E-state index < -0.39 is 11.1 Å². The van der Waals surface area contributed by atoms with Gasteiger partial charge in [-0.05, 0) is 99.5 Å². The number of benzene rings is 1. The Morgan fingerprint density at radius 1 is 1.05 bits per heavy atom. The van der Waals surface area contributed by atoms with Crippen molar-refractivity contribution in [3.63, 3.8) is 0 Å². The van der Waals surface area contributed by atoms with E-state index in [1.807, 2.05) is 42.2 Å². The number of fused-ring (bicyclic) bond motifs is 3. The fourth-order valence-corrected chi connectivity index (χ4v) is 7.68. The lowest BCUT2D eigenvalue weighted by Gasteiger charge is -2.65. The highest BCUT2D eigenvalue weighted by molar-refractivity contribution is 6.00. The average Bonchev–Trinajstić information content (AvgIpc) is 3.37. The number of carbonyl (C=O) groups excluding carboxylic acids is 1. The lowest BCUT2D eigenvalue weighted by molar-refractivity contribution is -0.211. The Balaban J connectivity index is 1.19. The number of aryl methyl sites for hydroxylation is 1. The highest BCUT2D eigenvalue weighted by Gasteiger charge is 2.73. The van der Waals surface area contributed by atoms with E-state index in [0.717, 1.165) is 61.2 Å². The number of methoxy groups -OCH3 is 1. The normalized spacial score (nSPS) is 32.8. The predicted octanol–water partition coefficient (Wildman–Crippen LogP) is 5.97. The van der Waals surface area contributed by atoms with Gasteiger partial charge in [0.15, 0.2) is 5.82 Å². The molecule has 6 fully saturated rings. The van der Waals surface area contributed by atoms with Crippen LogP contribution in [0.2, 0.25) is 0 Å². The van der Waals surface area contributed by atoms with Gasteiger partial charge in [-0.2, -0.15) is 4.98 Å². The van der Waals surface area contributed by atoms with Gasteiger partial charge < -0.3 is 14.2 Å². The van der Waals surface area contributed by atoms with Crippen LogP contribution in [0, 0.1) is 17.8 Å². The molecular formula is C30H33FN4O3. The highest BCUT2D eigenvalue weighted by Crippen LogP contribution is 2.70. The lowest BCUT2D eigenvalue weighted by atomic mass is 9.41. The second-order valence-electron chi connectivity index (χ2n) is 12.4. The molecule has 0 aliphatic heterocycles. The molecule has 0 atom stereocenters. The van der Waals surface area contributed by atoms with Gasteiger partial charge in [-0.3, -0.25) is 4.79 Å². The van der Waals surface area contributed by atoms with Gasteiger partial charge in [0.05, 0.1) is 12.5 Å². The third-order valence-electron chi connectivity index (χ3n) is 9.98. The standard InChI is InChI=1S/C30H33FN4O3/c1-20-33-25(38-34-20)28-10-7-27(8-11-28,9-12-28)19-35(26(36)29-16-30(31,17-29)18-29)23-5-3-4-21(14-23)22-6-13-32-24(15-22)37-2/h3-6,13-15H,7-12,16-19H2,1-2H3. The molecule has 1 amide bonds. The van der Waals surface area contributed by atoms with E-state index in [1.165, 1.54) is 0 Å². The van der Waals surface area contributed by atoms with Crippen LogP contribution in [-0.2, 0) is 10.2 Å². The van der Waals surface area contributed by atoms with Crippen LogP contribution < -0.4 is 9.64 Å². The maximum Gasteiger partial charge on any atom is 0.233 e. The maximum atomic E-state index is 14.5. The van der Waals surface area contributed by atoms with E-state index >= 15 is 0 Å². The minimum absolute atomic E-state index is 0.0351. The third kappa shape index (κ3) is 3.59. The summed E-state index contributed by atoms with van der Waals surface area (Å²) < 4.78 is 25.4. The molecule has 6 saturated carbocycles. The Kier molecular flexibility index (Phi) is 5.08. The number of hydrogen-bond donors (Lipinski definition) is 0. The zero-order chi connectivity index (χ0) is 26.2. The molecule has 3 aromatic rings.